The Balaban J connectivity index is 2.05. The molecule has 1 aromatic carbocycles. The molecular formula is C17H15N3O3. The van der Waals surface area contributed by atoms with Gasteiger partial charge < -0.3 is 4.79 Å². The van der Waals surface area contributed by atoms with Crippen molar-refractivity contribution in [3.8, 4) is 0 Å². The summed E-state index contributed by atoms with van der Waals surface area (Å²) in [6, 6.07) is 14.1. The second-order valence-electron chi connectivity index (χ2n) is 4.52. The van der Waals surface area contributed by atoms with Crippen LogP contribution in [0.4, 0.5) is 0 Å². The van der Waals surface area contributed by atoms with Crippen LogP contribution in [0.2, 0.25) is 0 Å². The molecule has 0 aliphatic heterocycles. The molecule has 6 heteroatoms. The molecule has 1 heterocycles. The number of hydrogen-bond donors (Lipinski definition) is 1. The molecule has 2 amide bonds. The average molecular weight is 309 g/mol. The van der Waals surface area contributed by atoms with E-state index in [1.165, 1.54) is 18.3 Å². The standard InChI is InChI=1S/C17H15N3O3/c21-13-12-20(19-17(23)15-8-4-5-11-18-15)16(22)10-9-14-6-2-1-3-7-14/h1-11,13H,12H2,(H,19,23)/b10-9+. The molecule has 0 saturated carbocycles. The molecule has 0 fully saturated rings. The van der Waals surface area contributed by atoms with Crippen molar-refractivity contribution >= 4 is 24.2 Å². The van der Waals surface area contributed by atoms with Crippen LogP contribution in [0.5, 0.6) is 0 Å². The van der Waals surface area contributed by atoms with Gasteiger partial charge in [-0.2, -0.15) is 0 Å². The van der Waals surface area contributed by atoms with E-state index in [-0.39, 0.29) is 12.2 Å². The zero-order valence-corrected chi connectivity index (χ0v) is 12.3. The number of pyridine rings is 1. The van der Waals surface area contributed by atoms with E-state index in [0.29, 0.717) is 6.29 Å². The molecule has 116 valence electrons. The Morgan fingerprint density at radius 2 is 1.83 bits per heavy atom. The molecule has 6 nitrogen and oxygen atoms in total. The molecule has 0 unspecified atom stereocenters. The van der Waals surface area contributed by atoms with Gasteiger partial charge in [-0.25, -0.2) is 5.01 Å². The summed E-state index contributed by atoms with van der Waals surface area (Å²) in [6.07, 6.45) is 4.90. The number of aromatic nitrogens is 1. The van der Waals surface area contributed by atoms with Crippen molar-refractivity contribution in [2.24, 2.45) is 0 Å². The summed E-state index contributed by atoms with van der Waals surface area (Å²) in [5.74, 6) is -1.07. The number of amides is 2. The van der Waals surface area contributed by atoms with E-state index in [1.807, 2.05) is 30.3 Å². The maximum absolute atomic E-state index is 12.1. The van der Waals surface area contributed by atoms with Gasteiger partial charge in [-0.3, -0.25) is 20.0 Å². The number of benzene rings is 1. The van der Waals surface area contributed by atoms with Gasteiger partial charge in [0.25, 0.3) is 11.8 Å². The molecule has 0 atom stereocenters. The van der Waals surface area contributed by atoms with Crippen molar-refractivity contribution in [2.45, 2.75) is 0 Å². The van der Waals surface area contributed by atoms with Crippen molar-refractivity contribution < 1.29 is 14.4 Å². The largest absolute Gasteiger partial charge is 0.301 e. The lowest BCUT2D eigenvalue weighted by Gasteiger charge is -2.19. The number of rotatable bonds is 5. The van der Waals surface area contributed by atoms with Crippen LogP contribution in [0.25, 0.3) is 6.08 Å². The molecular weight excluding hydrogens is 294 g/mol. The van der Waals surface area contributed by atoms with Crippen LogP contribution in [-0.2, 0) is 9.59 Å². The summed E-state index contributed by atoms with van der Waals surface area (Å²) in [7, 11) is 0. The first-order chi connectivity index (χ1) is 11.2. The fourth-order valence-corrected chi connectivity index (χ4v) is 1.76. The Morgan fingerprint density at radius 3 is 2.48 bits per heavy atom. The predicted octanol–water partition coefficient (Wildman–Crippen LogP) is 1.47. The normalized spacial score (nSPS) is 10.3. The molecule has 0 bridgehead atoms. The Labute approximate surface area is 133 Å². The third-order valence-corrected chi connectivity index (χ3v) is 2.88. The maximum Gasteiger partial charge on any atom is 0.288 e. The van der Waals surface area contributed by atoms with Gasteiger partial charge in [0.05, 0.1) is 6.54 Å². The van der Waals surface area contributed by atoms with Crippen molar-refractivity contribution in [1.82, 2.24) is 15.4 Å². The Kier molecular flexibility index (Phi) is 5.76. The van der Waals surface area contributed by atoms with Crippen molar-refractivity contribution in [1.29, 1.82) is 0 Å². The van der Waals surface area contributed by atoms with Gasteiger partial charge >= 0.3 is 0 Å². The lowest BCUT2D eigenvalue weighted by Crippen LogP contribution is -2.46. The molecule has 0 radical (unpaired) electrons. The molecule has 1 aromatic heterocycles. The van der Waals surface area contributed by atoms with E-state index < -0.39 is 11.8 Å². The molecule has 0 aliphatic carbocycles. The topological polar surface area (TPSA) is 79.4 Å². The lowest BCUT2D eigenvalue weighted by atomic mass is 10.2. The second-order valence-corrected chi connectivity index (χ2v) is 4.52. The van der Waals surface area contributed by atoms with Crippen molar-refractivity contribution in [3.05, 3.63) is 72.1 Å². The van der Waals surface area contributed by atoms with Gasteiger partial charge in [0.1, 0.15) is 12.0 Å². The molecule has 23 heavy (non-hydrogen) atoms. The minimum Gasteiger partial charge on any atom is -0.301 e. The molecule has 0 aliphatic rings. The SMILES string of the molecule is O=CCN(NC(=O)c1ccccn1)C(=O)/C=C/c1ccccc1. The Hall–Kier alpha value is -3.28. The highest BCUT2D eigenvalue weighted by Crippen LogP contribution is 2.02. The van der Waals surface area contributed by atoms with E-state index in [2.05, 4.69) is 10.4 Å². The van der Waals surface area contributed by atoms with Crippen LogP contribution in [-0.4, -0.2) is 34.6 Å². The monoisotopic (exact) mass is 309 g/mol. The lowest BCUT2D eigenvalue weighted by molar-refractivity contribution is -0.130. The summed E-state index contributed by atoms with van der Waals surface area (Å²) >= 11 is 0. The summed E-state index contributed by atoms with van der Waals surface area (Å²) in [5, 5.41) is 0.934. The fourth-order valence-electron chi connectivity index (χ4n) is 1.76. The minimum atomic E-state index is -0.561. The third-order valence-electron chi connectivity index (χ3n) is 2.88. The molecule has 2 aromatic rings. The number of aldehydes is 1. The molecule has 1 N–H and O–H groups in total. The predicted molar refractivity (Wildman–Crippen MR) is 85.0 cm³/mol. The van der Waals surface area contributed by atoms with Crippen LogP contribution in [0.3, 0.4) is 0 Å². The summed E-state index contributed by atoms with van der Waals surface area (Å²) in [5.41, 5.74) is 3.36. The van der Waals surface area contributed by atoms with E-state index in [1.54, 1.807) is 18.2 Å². The summed E-state index contributed by atoms with van der Waals surface area (Å²) in [4.78, 5) is 38.7. The molecule has 2 rings (SSSR count). The van der Waals surface area contributed by atoms with Gasteiger partial charge in [-0.1, -0.05) is 36.4 Å². The van der Waals surface area contributed by atoms with Crippen LogP contribution >= 0.6 is 0 Å². The smallest absolute Gasteiger partial charge is 0.288 e. The molecule has 0 spiro atoms. The van der Waals surface area contributed by atoms with Crippen LogP contribution in [0, 0.1) is 0 Å². The number of carbonyl (C=O) groups excluding carboxylic acids is 3. The van der Waals surface area contributed by atoms with Crippen LogP contribution < -0.4 is 5.43 Å². The Morgan fingerprint density at radius 1 is 1.09 bits per heavy atom. The van der Waals surface area contributed by atoms with E-state index in [4.69, 9.17) is 0 Å². The Bertz CT molecular complexity index is 700. The summed E-state index contributed by atoms with van der Waals surface area (Å²) in [6.45, 7) is -0.253. The summed E-state index contributed by atoms with van der Waals surface area (Å²) < 4.78 is 0. The highest BCUT2D eigenvalue weighted by atomic mass is 16.2. The van der Waals surface area contributed by atoms with Crippen LogP contribution in [0.15, 0.2) is 60.8 Å². The van der Waals surface area contributed by atoms with Crippen LogP contribution in [0.1, 0.15) is 16.1 Å². The van der Waals surface area contributed by atoms with E-state index in [0.717, 1.165) is 10.6 Å². The maximum atomic E-state index is 12.1. The first-order valence-corrected chi connectivity index (χ1v) is 6.91. The fraction of sp³-hybridized carbons (Fsp3) is 0.0588. The number of nitrogens with zero attached hydrogens (tertiary/aromatic N) is 2. The van der Waals surface area contributed by atoms with Gasteiger partial charge in [0, 0.05) is 12.3 Å². The van der Waals surface area contributed by atoms with Gasteiger partial charge in [-0.15, -0.1) is 0 Å². The number of carbonyl (C=O) groups is 3. The van der Waals surface area contributed by atoms with Crippen molar-refractivity contribution in [3.63, 3.8) is 0 Å². The number of hydrazine groups is 1. The quantitative estimate of drug-likeness (QED) is 0.515. The number of hydrogen-bond acceptors (Lipinski definition) is 4. The average Bonchev–Trinajstić information content (AvgIpc) is 2.61. The highest BCUT2D eigenvalue weighted by Gasteiger charge is 2.15. The third kappa shape index (κ3) is 4.89. The minimum absolute atomic E-state index is 0.156. The van der Waals surface area contributed by atoms with E-state index in [9.17, 15) is 14.4 Å². The highest BCUT2D eigenvalue weighted by molar-refractivity contribution is 5.97. The first-order valence-electron chi connectivity index (χ1n) is 6.91. The zero-order chi connectivity index (χ0) is 16.5. The first kappa shape index (κ1) is 16.1. The van der Waals surface area contributed by atoms with Gasteiger partial charge in [0.2, 0.25) is 0 Å². The zero-order valence-electron chi connectivity index (χ0n) is 12.3. The second kappa shape index (κ2) is 8.23. The van der Waals surface area contributed by atoms with Gasteiger partial charge in [-0.05, 0) is 23.8 Å². The van der Waals surface area contributed by atoms with Gasteiger partial charge in [0.15, 0.2) is 0 Å². The van der Waals surface area contributed by atoms with Crippen molar-refractivity contribution in [2.75, 3.05) is 6.54 Å². The number of nitrogens with one attached hydrogen (secondary N) is 1. The van der Waals surface area contributed by atoms with E-state index >= 15 is 0 Å². The molecule has 0 saturated heterocycles.